The summed E-state index contributed by atoms with van der Waals surface area (Å²) >= 11 is 0. The normalized spacial score (nSPS) is 20.7. The second-order valence-corrected chi connectivity index (χ2v) is 4.99. The van der Waals surface area contributed by atoms with Crippen LogP contribution >= 0.6 is 0 Å². The number of nitrogens with zero attached hydrogens (tertiary/aromatic N) is 3. The van der Waals surface area contributed by atoms with Crippen LogP contribution in [0.2, 0.25) is 0 Å². The summed E-state index contributed by atoms with van der Waals surface area (Å²) in [6.45, 7) is 4.21. The molecule has 1 aromatic rings. The summed E-state index contributed by atoms with van der Waals surface area (Å²) in [5.74, 6) is 1.54. The Labute approximate surface area is 108 Å². The summed E-state index contributed by atoms with van der Waals surface area (Å²) in [5.41, 5.74) is 0. The fourth-order valence-corrected chi connectivity index (χ4v) is 2.54. The minimum absolute atomic E-state index is 0.257. The van der Waals surface area contributed by atoms with Crippen LogP contribution in [-0.2, 0) is 13.0 Å². The SMILES string of the molecule is CCCCc1noc(CN2CCCC2CCO)n1. The second kappa shape index (κ2) is 6.85. The fraction of sp³-hybridized carbons (Fsp3) is 0.846. The van der Waals surface area contributed by atoms with Crippen molar-refractivity contribution >= 4 is 0 Å². The summed E-state index contributed by atoms with van der Waals surface area (Å²) in [4.78, 5) is 6.76. The molecule has 0 aliphatic carbocycles. The average Bonchev–Trinajstić information content (AvgIpc) is 2.98. The molecule has 18 heavy (non-hydrogen) atoms. The molecular weight excluding hydrogens is 230 g/mol. The molecule has 1 aromatic heterocycles. The van der Waals surface area contributed by atoms with E-state index in [0.717, 1.165) is 51.0 Å². The third kappa shape index (κ3) is 3.53. The van der Waals surface area contributed by atoms with Crippen molar-refractivity contribution in [3.8, 4) is 0 Å². The second-order valence-electron chi connectivity index (χ2n) is 4.99. The lowest BCUT2D eigenvalue weighted by Crippen LogP contribution is -2.29. The van der Waals surface area contributed by atoms with Gasteiger partial charge in [-0.15, -0.1) is 0 Å². The number of hydrogen-bond donors (Lipinski definition) is 1. The van der Waals surface area contributed by atoms with Gasteiger partial charge in [-0.2, -0.15) is 4.98 Å². The van der Waals surface area contributed by atoms with Gasteiger partial charge < -0.3 is 9.63 Å². The molecule has 1 atom stereocenters. The maximum atomic E-state index is 9.03. The van der Waals surface area contributed by atoms with Crippen LogP contribution in [0.25, 0.3) is 0 Å². The Kier molecular flexibility index (Phi) is 5.13. The van der Waals surface area contributed by atoms with Crippen molar-refractivity contribution in [2.45, 2.75) is 58.0 Å². The monoisotopic (exact) mass is 253 g/mol. The smallest absolute Gasteiger partial charge is 0.240 e. The maximum absolute atomic E-state index is 9.03. The Bertz CT molecular complexity index is 354. The molecule has 1 unspecified atom stereocenters. The number of aliphatic hydroxyl groups is 1. The van der Waals surface area contributed by atoms with Crippen molar-refractivity contribution < 1.29 is 9.63 Å². The van der Waals surface area contributed by atoms with Crippen molar-refractivity contribution in [1.29, 1.82) is 0 Å². The summed E-state index contributed by atoms with van der Waals surface area (Å²) in [6.07, 6.45) is 6.36. The molecular formula is C13H23N3O2. The summed E-state index contributed by atoms with van der Waals surface area (Å²) in [6, 6.07) is 0.473. The zero-order valence-corrected chi connectivity index (χ0v) is 11.1. The van der Waals surface area contributed by atoms with E-state index >= 15 is 0 Å². The van der Waals surface area contributed by atoms with E-state index in [2.05, 4.69) is 22.0 Å². The number of aliphatic hydroxyl groups excluding tert-OH is 1. The summed E-state index contributed by atoms with van der Waals surface area (Å²) < 4.78 is 5.28. The van der Waals surface area contributed by atoms with Gasteiger partial charge in [0.15, 0.2) is 5.82 Å². The Morgan fingerprint density at radius 1 is 1.50 bits per heavy atom. The van der Waals surface area contributed by atoms with Crippen LogP contribution in [0.5, 0.6) is 0 Å². The van der Waals surface area contributed by atoms with Crippen LogP contribution in [-0.4, -0.2) is 39.3 Å². The van der Waals surface area contributed by atoms with E-state index in [1.807, 2.05) is 0 Å². The first-order valence-corrected chi connectivity index (χ1v) is 7.00. The van der Waals surface area contributed by atoms with Crippen molar-refractivity contribution in [3.05, 3.63) is 11.7 Å². The van der Waals surface area contributed by atoms with E-state index in [-0.39, 0.29) is 6.61 Å². The van der Waals surface area contributed by atoms with Gasteiger partial charge in [-0.1, -0.05) is 18.5 Å². The van der Waals surface area contributed by atoms with E-state index in [1.165, 1.54) is 6.42 Å². The molecule has 1 N–H and O–H groups in total. The van der Waals surface area contributed by atoms with Crippen LogP contribution in [0.15, 0.2) is 4.52 Å². The number of hydrogen-bond acceptors (Lipinski definition) is 5. The molecule has 0 amide bonds. The molecule has 0 aromatic carbocycles. The fourth-order valence-electron chi connectivity index (χ4n) is 2.54. The first kappa shape index (κ1) is 13.5. The highest BCUT2D eigenvalue weighted by molar-refractivity contribution is 4.89. The van der Waals surface area contributed by atoms with Crippen LogP contribution in [0.4, 0.5) is 0 Å². The first-order chi connectivity index (χ1) is 8.83. The molecule has 102 valence electrons. The van der Waals surface area contributed by atoms with Gasteiger partial charge in [-0.25, -0.2) is 0 Å². The zero-order valence-electron chi connectivity index (χ0n) is 11.1. The molecule has 0 saturated carbocycles. The third-order valence-corrected chi connectivity index (χ3v) is 3.56. The molecule has 5 heteroatoms. The lowest BCUT2D eigenvalue weighted by atomic mass is 10.1. The lowest BCUT2D eigenvalue weighted by Gasteiger charge is -2.21. The maximum Gasteiger partial charge on any atom is 0.240 e. The Morgan fingerprint density at radius 2 is 2.39 bits per heavy atom. The average molecular weight is 253 g/mol. The number of likely N-dealkylation sites (tertiary alicyclic amines) is 1. The summed E-state index contributed by atoms with van der Waals surface area (Å²) in [5, 5.41) is 13.0. The van der Waals surface area contributed by atoms with Crippen molar-refractivity contribution in [3.63, 3.8) is 0 Å². The molecule has 0 bridgehead atoms. The van der Waals surface area contributed by atoms with Gasteiger partial charge in [-0.3, -0.25) is 4.90 Å². The van der Waals surface area contributed by atoms with Crippen molar-refractivity contribution in [1.82, 2.24) is 15.0 Å². The minimum atomic E-state index is 0.257. The van der Waals surface area contributed by atoms with Gasteiger partial charge in [0.1, 0.15) is 0 Å². The van der Waals surface area contributed by atoms with E-state index in [9.17, 15) is 0 Å². The van der Waals surface area contributed by atoms with Gasteiger partial charge in [0.25, 0.3) is 0 Å². The van der Waals surface area contributed by atoms with Gasteiger partial charge in [0.2, 0.25) is 5.89 Å². The Balaban J connectivity index is 1.86. The molecule has 1 fully saturated rings. The lowest BCUT2D eigenvalue weighted by molar-refractivity contribution is 0.173. The first-order valence-electron chi connectivity index (χ1n) is 7.00. The van der Waals surface area contributed by atoms with E-state index in [1.54, 1.807) is 0 Å². The molecule has 2 rings (SSSR count). The van der Waals surface area contributed by atoms with E-state index in [0.29, 0.717) is 11.9 Å². The van der Waals surface area contributed by atoms with Crippen LogP contribution in [0.1, 0.15) is 50.7 Å². The number of aryl methyl sites for hydroxylation is 1. The highest BCUT2D eigenvalue weighted by Gasteiger charge is 2.25. The van der Waals surface area contributed by atoms with Gasteiger partial charge in [-0.05, 0) is 32.2 Å². The largest absolute Gasteiger partial charge is 0.396 e. The highest BCUT2D eigenvalue weighted by Crippen LogP contribution is 2.21. The highest BCUT2D eigenvalue weighted by atomic mass is 16.5. The zero-order chi connectivity index (χ0) is 12.8. The molecule has 0 spiro atoms. The number of rotatable bonds is 7. The molecule has 1 aliphatic heterocycles. The van der Waals surface area contributed by atoms with Gasteiger partial charge >= 0.3 is 0 Å². The molecule has 5 nitrogen and oxygen atoms in total. The number of unbranched alkanes of at least 4 members (excludes halogenated alkanes) is 1. The minimum Gasteiger partial charge on any atom is -0.396 e. The predicted molar refractivity (Wildman–Crippen MR) is 68.0 cm³/mol. The Hall–Kier alpha value is -0.940. The summed E-state index contributed by atoms with van der Waals surface area (Å²) in [7, 11) is 0. The molecule has 1 aliphatic rings. The quantitative estimate of drug-likeness (QED) is 0.802. The molecule has 0 radical (unpaired) electrons. The van der Waals surface area contributed by atoms with E-state index in [4.69, 9.17) is 9.63 Å². The topological polar surface area (TPSA) is 62.4 Å². The third-order valence-electron chi connectivity index (χ3n) is 3.56. The van der Waals surface area contributed by atoms with Crippen molar-refractivity contribution in [2.75, 3.05) is 13.2 Å². The predicted octanol–water partition coefficient (Wildman–Crippen LogP) is 1.76. The van der Waals surface area contributed by atoms with E-state index < -0.39 is 0 Å². The Morgan fingerprint density at radius 3 is 3.17 bits per heavy atom. The molecule has 2 heterocycles. The standard InChI is InChI=1S/C13H23N3O2/c1-2-3-6-12-14-13(18-15-12)10-16-8-4-5-11(16)7-9-17/h11,17H,2-10H2,1H3. The number of aromatic nitrogens is 2. The van der Waals surface area contributed by atoms with Crippen LogP contribution in [0, 0.1) is 0 Å². The van der Waals surface area contributed by atoms with Crippen LogP contribution in [0.3, 0.4) is 0 Å². The van der Waals surface area contributed by atoms with Crippen LogP contribution < -0.4 is 0 Å². The van der Waals surface area contributed by atoms with Gasteiger partial charge in [0, 0.05) is 19.1 Å². The molecule has 1 saturated heterocycles. The van der Waals surface area contributed by atoms with Gasteiger partial charge in [0.05, 0.1) is 6.54 Å². The van der Waals surface area contributed by atoms with Crippen molar-refractivity contribution in [2.24, 2.45) is 0 Å².